The molecule has 0 saturated heterocycles. The summed E-state index contributed by atoms with van der Waals surface area (Å²) < 4.78 is 0. The van der Waals surface area contributed by atoms with Gasteiger partial charge in [-0.1, -0.05) is 30.7 Å². The number of aromatic amines is 2. The highest BCUT2D eigenvalue weighted by atomic mass is 35.5. The number of rotatable bonds is 2. The Kier molecular flexibility index (Phi) is 2.99. The molecule has 0 aliphatic carbocycles. The normalized spacial score (nSPS) is 12.7. The minimum atomic E-state index is -0.262. The van der Waals surface area contributed by atoms with Crippen LogP contribution >= 0.6 is 11.6 Å². The summed E-state index contributed by atoms with van der Waals surface area (Å²) in [5, 5.41) is 0.693. The molecule has 2 aromatic heterocycles. The van der Waals surface area contributed by atoms with E-state index in [1.165, 1.54) is 0 Å². The summed E-state index contributed by atoms with van der Waals surface area (Å²) in [6.45, 7) is 2.05. The van der Waals surface area contributed by atoms with Crippen molar-refractivity contribution in [2.45, 2.75) is 12.8 Å². The number of aromatic nitrogens is 3. The largest absolute Gasteiger partial charge is 0.369 e. The fourth-order valence-electron chi connectivity index (χ4n) is 2.31. The summed E-state index contributed by atoms with van der Waals surface area (Å²) >= 11 is 5.90. The van der Waals surface area contributed by atoms with Crippen molar-refractivity contribution < 1.29 is 0 Å². The van der Waals surface area contributed by atoms with Crippen molar-refractivity contribution in [2.75, 3.05) is 5.73 Å². The standard InChI is InChI=1S/C14H13ClN4O/c1-7(8-2-4-9(15)5-3-8)10-6-17-12-11(10)18-14(16)19-13(12)20/h2-7,17H,1H3,(H3,16,18,19,20). The van der Waals surface area contributed by atoms with E-state index in [1.807, 2.05) is 31.2 Å². The molecule has 0 aliphatic heterocycles. The Balaban J connectivity index is 2.14. The third kappa shape index (κ3) is 2.06. The van der Waals surface area contributed by atoms with E-state index in [2.05, 4.69) is 15.0 Å². The third-order valence-electron chi connectivity index (χ3n) is 3.42. The van der Waals surface area contributed by atoms with Crippen LogP contribution in [0.15, 0.2) is 35.3 Å². The first-order valence-corrected chi connectivity index (χ1v) is 6.56. The zero-order chi connectivity index (χ0) is 14.3. The first-order chi connectivity index (χ1) is 9.56. The van der Waals surface area contributed by atoms with Crippen LogP contribution in [0.5, 0.6) is 0 Å². The van der Waals surface area contributed by atoms with Crippen LogP contribution in [-0.2, 0) is 0 Å². The van der Waals surface area contributed by atoms with E-state index in [9.17, 15) is 4.79 Å². The molecule has 6 heteroatoms. The van der Waals surface area contributed by atoms with Gasteiger partial charge in [-0.05, 0) is 17.7 Å². The number of hydrogen-bond donors (Lipinski definition) is 3. The molecule has 3 rings (SSSR count). The van der Waals surface area contributed by atoms with Crippen LogP contribution in [0.3, 0.4) is 0 Å². The van der Waals surface area contributed by atoms with Crippen molar-refractivity contribution in [1.82, 2.24) is 15.0 Å². The van der Waals surface area contributed by atoms with Gasteiger partial charge in [-0.3, -0.25) is 9.78 Å². The number of halogens is 1. The zero-order valence-electron chi connectivity index (χ0n) is 10.8. The number of nitrogen functional groups attached to an aromatic ring is 1. The third-order valence-corrected chi connectivity index (χ3v) is 3.67. The number of nitrogens with zero attached hydrogens (tertiary/aromatic N) is 1. The second-order valence-corrected chi connectivity index (χ2v) is 5.13. The predicted octanol–water partition coefficient (Wildman–Crippen LogP) is 2.64. The van der Waals surface area contributed by atoms with Crippen molar-refractivity contribution in [1.29, 1.82) is 0 Å². The van der Waals surface area contributed by atoms with Crippen molar-refractivity contribution in [2.24, 2.45) is 0 Å². The van der Waals surface area contributed by atoms with E-state index in [4.69, 9.17) is 17.3 Å². The summed E-state index contributed by atoms with van der Waals surface area (Å²) in [6.07, 6.45) is 1.80. The van der Waals surface area contributed by atoms with Gasteiger partial charge in [0.25, 0.3) is 5.56 Å². The molecule has 3 aromatic rings. The Morgan fingerprint density at radius 1 is 1.30 bits per heavy atom. The molecule has 2 heterocycles. The molecule has 0 aliphatic rings. The molecule has 0 radical (unpaired) electrons. The molecule has 0 fully saturated rings. The molecule has 1 atom stereocenters. The van der Waals surface area contributed by atoms with Gasteiger partial charge in [-0.25, -0.2) is 4.98 Å². The monoisotopic (exact) mass is 288 g/mol. The number of H-pyrrole nitrogens is 2. The molecule has 102 valence electrons. The summed E-state index contributed by atoms with van der Waals surface area (Å²) in [5.41, 5.74) is 8.42. The lowest BCUT2D eigenvalue weighted by Gasteiger charge is -2.10. The molecule has 1 aromatic carbocycles. The first kappa shape index (κ1) is 12.7. The maximum atomic E-state index is 11.8. The van der Waals surface area contributed by atoms with Crippen molar-refractivity contribution >= 4 is 28.6 Å². The van der Waals surface area contributed by atoms with E-state index in [0.717, 1.165) is 11.1 Å². The Morgan fingerprint density at radius 3 is 2.70 bits per heavy atom. The van der Waals surface area contributed by atoms with E-state index in [0.29, 0.717) is 16.1 Å². The van der Waals surface area contributed by atoms with Gasteiger partial charge >= 0.3 is 0 Å². The van der Waals surface area contributed by atoms with Crippen LogP contribution in [0.4, 0.5) is 5.95 Å². The van der Waals surface area contributed by atoms with Gasteiger partial charge in [0.2, 0.25) is 5.95 Å². The molecule has 4 N–H and O–H groups in total. The van der Waals surface area contributed by atoms with Gasteiger partial charge in [0.1, 0.15) is 11.0 Å². The van der Waals surface area contributed by atoms with Crippen LogP contribution in [0.2, 0.25) is 5.02 Å². The summed E-state index contributed by atoms with van der Waals surface area (Å²) in [7, 11) is 0. The second kappa shape index (κ2) is 4.68. The number of benzene rings is 1. The Morgan fingerprint density at radius 2 is 2.00 bits per heavy atom. The average molecular weight is 289 g/mol. The van der Waals surface area contributed by atoms with Gasteiger partial charge in [0, 0.05) is 22.7 Å². The number of hydrogen-bond acceptors (Lipinski definition) is 3. The highest BCUT2D eigenvalue weighted by molar-refractivity contribution is 6.30. The molecular formula is C14H13ClN4O. The fourth-order valence-corrected chi connectivity index (χ4v) is 2.44. The van der Waals surface area contributed by atoms with Crippen molar-refractivity contribution in [3.63, 3.8) is 0 Å². The molecule has 5 nitrogen and oxygen atoms in total. The number of nitrogens with two attached hydrogens (primary N) is 1. The van der Waals surface area contributed by atoms with Gasteiger partial charge in [0.15, 0.2) is 0 Å². The second-order valence-electron chi connectivity index (χ2n) is 4.69. The predicted molar refractivity (Wildman–Crippen MR) is 80.1 cm³/mol. The van der Waals surface area contributed by atoms with Crippen LogP contribution in [0.25, 0.3) is 11.0 Å². The van der Waals surface area contributed by atoms with Crippen molar-refractivity contribution in [3.8, 4) is 0 Å². The SMILES string of the molecule is CC(c1ccc(Cl)cc1)c1c[nH]c2c(=O)[nH]c(N)nc12. The maximum absolute atomic E-state index is 11.8. The maximum Gasteiger partial charge on any atom is 0.276 e. The summed E-state index contributed by atoms with van der Waals surface area (Å²) in [6, 6.07) is 7.61. The van der Waals surface area contributed by atoms with Crippen LogP contribution in [0, 0.1) is 0 Å². The van der Waals surface area contributed by atoms with Crippen LogP contribution in [0.1, 0.15) is 24.0 Å². The van der Waals surface area contributed by atoms with Gasteiger partial charge in [0.05, 0.1) is 0 Å². The lowest BCUT2D eigenvalue weighted by atomic mass is 9.94. The Bertz CT molecular complexity index is 819. The lowest BCUT2D eigenvalue weighted by molar-refractivity contribution is 0.928. The molecule has 0 spiro atoms. The highest BCUT2D eigenvalue weighted by Gasteiger charge is 2.16. The van der Waals surface area contributed by atoms with Crippen LogP contribution in [-0.4, -0.2) is 15.0 Å². The Labute approximate surface area is 119 Å². The highest BCUT2D eigenvalue weighted by Crippen LogP contribution is 2.29. The van der Waals surface area contributed by atoms with E-state index >= 15 is 0 Å². The lowest BCUT2D eigenvalue weighted by Crippen LogP contribution is -2.11. The molecule has 20 heavy (non-hydrogen) atoms. The minimum absolute atomic E-state index is 0.0784. The van der Waals surface area contributed by atoms with E-state index in [-0.39, 0.29) is 17.4 Å². The topological polar surface area (TPSA) is 87.6 Å². The van der Waals surface area contributed by atoms with Gasteiger partial charge in [-0.2, -0.15) is 0 Å². The zero-order valence-corrected chi connectivity index (χ0v) is 11.5. The van der Waals surface area contributed by atoms with Gasteiger partial charge < -0.3 is 10.7 Å². The number of fused-ring (bicyclic) bond motifs is 1. The van der Waals surface area contributed by atoms with Crippen molar-refractivity contribution in [3.05, 3.63) is 57.0 Å². The first-order valence-electron chi connectivity index (χ1n) is 6.18. The van der Waals surface area contributed by atoms with E-state index < -0.39 is 0 Å². The molecule has 0 saturated carbocycles. The minimum Gasteiger partial charge on any atom is -0.369 e. The molecular weight excluding hydrogens is 276 g/mol. The van der Waals surface area contributed by atoms with E-state index in [1.54, 1.807) is 6.20 Å². The average Bonchev–Trinajstić information content (AvgIpc) is 2.82. The summed E-state index contributed by atoms with van der Waals surface area (Å²) in [5.74, 6) is 0.196. The van der Waals surface area contributed by atoms with Crippen LogP contribution < -0.4 is 11.3 Å². The molecule has 0 bridgehead atoms. The smallest absolute Gasteiger partial charge is 0.276 e. The Hall–Kier alpha value is -2.27. The number of nitrogens with one attached hydrogen (secondary N) is 2. The molecule has 0 amide bonds. The number of anilines is 1. The quantitative estimate of drug-likeness (QED) is 0.677. The fraction of sp³-hybridized carbons (Fsp3) is 0.143. The van der Waals surface area contributed by atoms with Gasteiger partial charge in [-0.15, -0.1) is 0 Å². The summed E-state index contributed by atoms with van der Waals surface area (Å²) in [4.78, 5) is 21.5. The molecule has 1 unspecified atom stereocenters.